The van der Waals surface area contributed by atoms with Crippen LogP contribution in [0.3, 0.4) is 0 Å². The zero-order valence-electron chi connectivity index (χ0n) is 15.7. The lowest BCUT2D eigenvalue weighted by Gasteiger charge is -2.27. The van der Waals surface area contributed by atoms with Crippen LogP contribution in [0.15, 0.2) is 18.2 Å². The van der Waals surface area contributed by atoms with Gasteiger partial charge in [0.05, 0.1) is 19.3 Å². The van der Waals surface area contributed by atoms with Gasteiger partial charge in [0, 0.05) is 29.8 Å². The molecule has 6 nitrogen and oxygen atoms in total. The molecule has 1 heterocycles. The van der Waals surface area contributed by atoms with Crippen molar-refractivity contribution in [1.29, 1.82) is 5.26 Å². The molecule has 27 heavy (non-hydrogen) atoms. The van der Waals surface area contributed by atoms with Crippen molar-refractivity contribution in [2.24, 2.45) is 10.8 Å². The van der Waals surface area contributed by atoms with Crippen LogP contribution in [0.2, 0.25) is 0 Å². The lowest BCUT2D eigenvalue weighted by molar-refractivity contribution is -0.120. The molecule has 142 valence electrons. The van der Waals surface area contributed by atoms with E-state index >= 15 is 0 Å². The van der Waals surface area contributed by atoms with Gasteiger partial charge in [-0.15, -0.1) is 0 Å². The number of benzene rings is 1. The first-order chi connectivity index (χ1) is 13.0. The third kappa shape index (κ3) is 2.81. The maximum absolute atomic E-state index is 13.0. The Bertz CT molecular complexity index is 816. The monoisotopic (exact) mass is 367 g/mol. The van der Waals surface area contributed by atoms with Crippen molar-refractivity contribution in [3.8, 4) is 6.07 Å². The molecule has 0 radical (unpaired) electrons. The second-order valence-corrected chi connectivity index (χ2v) is 8.02. The molecule has 4 rings (SSSR count). The molecule has 0 bridgehead atoms. The number of carbonyl (C=O) groups is 2. The van der Waals surface area contributed by atoms with Crippen LogP contribution in [0.5, 0.6) is 0 Å². The summed E-state index contributed by atoms with van der Waals surface area (Å²) in [6.45, 7) is 4.10. The Balaban J connectivity index is 1.54. The summed E-state index contributed by atoms with van der Waals surface area (Å²) in [5.41, 5.74) is 0.929. The van der Waals surface area contributed by atoms with Gasteiger partial charge in [0.15, 0.2) is 0 Å². The largest absolute Gasteiger partial charge is 0.378 e. The summed E-state index contributed by atoms with van der Waals surface area (Å²) >= 11 is 0. The lowest BCUT2D eigenvalue weighted by Crippen LogP contribution is -2.41. The van der Waals surface area contributed by atoms with Gasteiger partial charge in [-0.05, 0) is 43.9 Å². The lowest BCUT2D eigenvalue weighted by atomic mass is 9.91. The molecular weight excluding hydrogens is 342 g/mol. The van der Waals surface area contributed by atoms with Gasteiger partial charge in [-0.25, -0.2) is 0 Å². The molecule has 6 heteroatoms. The topological polar surface area (TPSA) is 82.4 Å². The van der Waals surface area contributed by atoms with Gasteiger partial charge in [0.2, 0.25) is 5.91 Å². The average Bonchev–Trinajstić information content (AvgIpc) is 3.09. The molecule has 3 aliphatic rings. The molecule has 1 aliphatic heterocycles. The van der Waals surface area contributed by atoms with E-state index in [1.165, 1.54) is 0 Å². The fourth-order valence-corrected chi connectivity index (χ4v) is 4.82. The predicted molar refractivity (Wildman–Crippen MR) is 100 cm³/mol. The Morgan fingerprint density at radius 1 is 1.22 bits per heavy atom. The summed E-state index contributed by atoms with van der Waals surface area (Å²) in [6.07, 6.45) is 4.78. The second-order valence-electron chi connectivity index (χ2n) is 8.02. The molecular formula is C21H25N3O3. The number of ether oxygens (including phenoxy) is 1. The number of anilines is 1. The van der Waals surface area contributed by atoms with E-state index in [0.29, 0.717) is 44.0 Å². The highest BCUT2D eigenvalue weighted by molar-refractivity contribution is 6.03. The van der Waals surface area contributed by atoms with Gasteiger partial charge in [-0.1, -0.05) is 18.9 Å². The number of amides is 2. The zero-order chi connectivity index (χ0) is 19.1. The highest BCUT2D eigenvalue weighted by Crippen LogP contribution is 2.71. The van der Waals surface area contributed by atoms with Gasteiger partial charge in [-0.3, -0.25) is 9.59 Å². The number of morpholine rings is 1. The minimum absolute atomic E-state index is 0.0411. The van der Waals surface area contributed by atoms with Crippen molar-refractivity contribution in [2.75, 3.05) is 31.6 Å². The van der Waals surface area contributed by atoms with E-state index in [-0.39, 0.29) is 17.2 Å². The van der Waals surface area contributed by atoms with Crippen LogP contribution in [0, 0.1) is 29.1 Å². The van der Waals surface area contributed by atoms with E-state index in [4.69, 9.17) is 4.74 Å². The van der Waals surface area contributed by atoms with Crippen LogP contribution in [0.1, 0.15) is 48.0 Å². The van der Waals surface area contributed by atoms with E-state index in [2.05, 4.69) is 11.4 Å². The van der Waals surface area contributed by atoms with Crippen LogP contribution in [-0.4, -0.2) is 43.0 Å². The first-order valence-corrected chi connectivity index (χ1v) is 9.72. The molecule has 2 saturated carbocycles. The van der Waals surface area contributed by atoms with Gasteiger partial charge < -0.3 is 15.0 Å². The number of rotatable bonds is 3. The molecule has 1 aromatic carbocycles. The van der Waals surface area contributed by atoms with Crippen molar-refractivity contribution in [2.45, 2.75) is 39.0 Å². The Hall–Kier alpha value is -2.39. The Kier molecular flexibility index (Phi) is 4.43. The zero-order valence-corrected chi connectivity index (χ0v) is 15.7. The normalized spacial score (nSPS) is 25.9. The van der Waals surface area contributed by atoms with Gasteiger partial charge in [0.25, 0.3) is 5.91 Å². The fraction of sp³-hybridized carbons (Fsp3) is 0.571. The third-order valence-electron chi connectivity index (χ3n) is 6.63. The molecule has 1 unspecified atom stereocenters. The van der Waals surface area contributed by atoms with E-state index in [9.17, 15) is 14.9 Å². The maximum Gasteiger partial charge on any atom is 0.254 e. The van der Waals surface area contributed by atoms with Crippen molar-refractivity contribution in [3.63, 3.8) is 0 Å². The molecule has 2 aliphatic carbocycles. The minimum atomic E-state index is -0.903. The number of hydrogen-bond donors (Lipinski definition) is 1. The molecule has 3 fully saturated rings. The molecule has 1 atom stereocenters. The van der Waals surface area contributed by atoms with Gasteiger partial charge in [-0.2, -0.15) is 5.26 Å². The van der Waals surface area contributed by atoms with Crippen molar-refractivity contribution >= 4 is 17.5 Å². The van der Waals surface area contributed by atoms with Crippen LogP contribution >= 0.6 is 0 Å². The van der Waals surface area contributed by atoms with Crippen LogP contribution in [-0.2, 0) is 9.53 Å². The first-order valence-electron chi connectivity index (χ1n) is 9.72. The molecule has 0 aromatic heterocycles. The molecule has 1 aromatic rings. The summed E-state index contributed by atoms with van der Waals surface area (Å²) in [7, 11) is 0. The van der Waals surface area contributed by atoms with E-state index < -0.39 is 5.41 Å². The van der Waals surface area contributed by atoms with E-state index in [1.807, 2.05) is 6.92 Å². The summed E-state index contributed by atoms with van der Waals surface area (Å²) in [5, 5.41) is 12.7. The smallest absolute Gasteiger partial charge is 0.254 e. The van der Waals surface area contributed by atoms with E-state index in [0.717, 1.165) is 31.2 Å². The molecule has 1 spiro atoms. The SMILES string of the molecule is Cc1c(NC(=O)C2(C#N)CC23CCCC3)cccc1C(=O)N1CCOCC1. The third-order valence-corrected chi connectivity index (χ3v) is 6.63. The highest BCUT2D eigenvalue weighted by atomic mass is 16.5. The van der Waals surface area contributed by atoms with Crippen LogP contribution in [0.4, 0.5) is 5.69 Å². The summed E-state index contributed by atoms with van der Waals surface area (Å²) < 4.78 is 5.31. The summed E-state index contributed by atoms with van der Waals surface area (Å²) in [5.74, 6) is -0.258. The minimum Gasteiger partial charge on any atom is -0.378 e. The summed E-state index contributed by atoms with van der Waals surface area (Å²) in [4.78, 5) is 27.6. The Labute approximate surface area is 159 Å². The maximum atomic E-state index is 13.0. The number of carbonyl (C=O) groups excluding carboxylic acids is 2. The van der Waals surface area contributed by atoms with Crippen molar-refractivity contribution in [1.82, 2.24) is 4.90 Å². The first kappa shape index (κ1) is 18.0. The van der Waals surface area contributed by atoms with Gasteiger partial charge in [0.1, 0.15) is 5.41 Å². The average molecular weight is 367 g/mol. The number of nitriles is 1. The highest BCUT2D eigenvalue weighted by Gasteiger charge is 2.72. The number of hydrogen-bond acceptors (Lipinski definition) is 4. The standard InChI is InChI=1S/C21H25N3O3/c1-15-16(18(25)24-9-11-27-12-10-24)5-4-6-17(15)23-19(26)21(14-22)13-20(21)7-2-3-8-20/h4-6H,2-3,7-13H2,1H3,(H,23,26). The Morgan fingerprint density at radius 3 is 2.59 bits per heavy atom. The molecule has 2 amide bonds. The quantitative estimate of drug-likeness (QED) is 0.890. The predicted octanol–water partition coefficient (Wildman–Crippen LogP) is 2.88. The van der Waals surface area contributed by atoms with Crippen molar-refractivity contribution < 1.29 is 14.3 Å². The molecule has 1 saturated heterocycles. The Morgan fingerprint density at radius 2 is 1.93 bits per heavy atom. The van der Waals surface area contributed by atoms with Gasteiger partial charge >= 0.3 is 0 Å². The second kappa shape index (κ2) is 6.65. The number of nitrogens with zero attached hydrogens (tertiary/aromatic N) is 2. The molecule has 1 N–H and O–H groups in total. The van der Waals surface area contributed by atoms with Crippen molar-refractivity contribution in [3.05, 3.63) is 29.3 Å². The van der Waals surface area contributed by atoms with Crippen LogP contribution in [0.25, 0.3) is 0 Å². The fourth-order valence-electron chi connectivity index (χ4n) is 4.82. The van der Waals surface area contributed by atoms with Crippen LogP contribution < -0.4 is 5.32 Å². The number of nitrogens with one attached hydrogen (secondary N) is 1. The van der Waals surface area contributed by atoms with E-state index in [1.54, 1.807) is 23.1 Å². The summed E-state index contributed by atoms with van der Waals surface area (Å²) in [6, 6.07) is 7.69.